The topological polar surface area (TPSA) is 76.5 Å². The number of halogens is 1. The molecule has 1 aliphatic heterocycles. The number of hydrogen-bond acceptors (Lipinski definition) is 4. The monoisotopic (exact) mass is 404 g/mol. The Morgan fingerprint density at radius 3 is 2.79 bits per heavy atom. The van der Waals surface area contributed by atoms with E-state index in [0.29, 0.717) is 48.8 Å². The van der Waals surface area contributed by atoms with Crippen molar-refractivity contribution < 1.29 is 14.3 Å². The Kier molecular flexibility index (Phi) is 6.92. The van der Waals surface area contributed by atoms with Crippen LogP contribution in [0.4, 0.5) is 0 Å². The molecular weight excluding hydrogens is 380 g/mol. The van der Waals surface area contributed by atoms with Gasteiger partial charge >= 0.3 is 0 Å². The Morgan fingerprint density at radius 1 is 1.32 bits per heavy atom. The van der Waals surface area contributed by atoms with Crippen molar-refractivity contribution in [1.29, 1.82) is 0 Å². The third kappa shape index (κ3) is 5.04. The number of piperidine rings is 1. The van der Waals surface area contributed by atoms with Crippen molar-refractivity contribution in [3.05, 3.63) is 47.5 Å². The highest BCUT2D eigenvalue weighted by molar-refractivity contribution is 6.31. The number of rotatable bonds is 7. The summed E-state index contributed by atoms with van der Waals surface area (Å²) < 4.78 is 7.26. The highest BCUT2D eigenvalue weighted by Crippen LogP contribution is 2.26. The van der Waals surface area contributed by atoms with Crippen LogP contribution in [0.25, 0.3) is 0 Å². The molecule has 2 amide bonds. The maximum absolute atomic E-state index is 12.8. The van der Waals surface area contributed by atoms with Gasteiger partial charge in [0, 0.05) is 49.5 Å². The first-order valence-corrected chi connectivity index (χ1v) is 9.82. The molecule has 1 fully saturated rings. The predicted molar refractivity (Wildman–Crippen MR) is 106 cm³/mol. The Balaban J connectivity index is 1.45. The summed E-state index contributed by atoms with van der Waals surface area (Å²) in [5, 5.41) is 3.50. The summed E-state index contributed by atoms with van der Waals surface area (Å²) in [5.74, 6) is 0.405. The number of amides is 2. The van der Waals surface area contributed by atoms with Gasteiger partial charge in [0.25, 0.3) is 5.91 Å². The molecule has 0 atom stereocenters. The van der Waals surface area contributed by atoms with Gasteiger partial charge in [-0.1, -0.05) is 11.6 Å². The molecule has 2 aromatic rings. The molecule has 28 heavy (non-hydrogen) atoms. The first kappa shape index (κ1) is 20.2. The van der Waals surface area contributed by atoms with Gasteiger partial charge in [-0.3, -0.25) is 9.59 Å². The molecule has 8 heteroatoms. The van der Waals surface area contributed by atoms with Crippen molar-refractivity contribution in [2.45, 2.75) is 25.8 Å². The molecule has 1 aliphatic rings. The lowest BCUT2D eigenvalue weighted by Gasteiger charge is -2.31. The zero-order valence-corrected chi connectivity index (χ0v) is 16.7. The molecule has 1 saturated heterocycles. The number of benzene rings is 1. The number of nitrogens with one attached hydrogen (secondary N) is 1. The highest BCUT2D eigenvalue weighted by atomic mass is 35.5. The second-order valence-corrected chi connectivity index (χ2v) is 7.29. The van der Waals surface area contributed by atoms with Gasteiger partial charge < -0.3 is 19.5 Å². The lowest BCUT2D eigenvalue weighted by atomic mass is 9.95. The molecule has 0 spiro atoms. The number of hydrogen-bond donors (Lipinski definition) is 1. The highest BCUT2D eigenvalue weighted by Gasteiger charge is 2.28. The van der Waals surface area contributed by atoms with E-state index in [4.69, 9.17) is 16.3 Å². The average Bonchev–Trinajstić information content (AvgIpc) is 3.24. The van der Waals surface area contributed by atoms with Crippen molar-refractivity contribution in [3.63, 3.8) is 0 Å². The molecule has 1 aromatic heterocycles. The summed E-state index contributed by atoms with van der Waals surface area (Å²) in [6, 6.07) is 5.02. The van der Waals surface area contributed by atoms with Crippen LogP contribution in [0.15, 0.2) is 36.9 Å². The smallest absolute Gasteiger partial charge is 0.257 e. The van der Waals surface area contributed by atoms with Crippen LogP contribution in [0.5, 0.6) is 5.75 Å². The maximum atomic E-state index is 12.8. The van der Waals surface area contributed by atoms with Crippen molar-refractivity contribution in [2.24, 2.45) is 5.92 Å². The molecule has 3 rings (SSSR count). The zero-order chi connectivity index (χ0) is 19.9. The molecule has 0 unspecified atom stereocenters. The van der Waals surface area contributed by atoms with Gasteiger partial charge in [0.05, 0.1) is 19.0 Å². The van der Waals surface area contributed by atoms with Crippen LogP contribution in [0.3, 0.4) is 0 Å². The summed E-state index contributed by atoms with van der Waals surface area (Å²) >= 11 is 6.03. The number of carbonyl (C=O) groups is 2. The molecule has 7 nitrogen and oxygen atoms in total. The van der Waals surface area contributed by atoms with E-state index in [-0.39, 0.29) is 17.7 Å². The van der Waals surface area contributed by atoms with Crippen LogP contribution >= 0.6 is 11.6 Å². The minimum Gasteiger partial charge on any atom is -0.496 e. The maximum Gasteiger partial charge on any atom is 0.257 e. The number of likely N-dealkylation sites (tertiary alicyclic amines) is 1. The Labute approximate surface area is 169 Å². The van der Waals surface area contributed by atoms with E-state index in [1.54, 1.807) is 35.6 Å². The fraction of sp³-hybridized carbons (Fsp3) is 0.450. The zero-order valence-electron chi connectivity index (χ0n) is 15.9. The number of carbonyl (C=O) groups excluding carboxylic acids is 2. The van der Waals surface area contributed by atoms with Gasteiger partial charge in [-0.05, 0) is 37.5 Å². The lowest BCUT2D eigenvalue weighted by molar-refractivity contribution is -0.126. The van der Waals surface area contributed by atoms with Crippen molar-refractivity contribution in [1.82, 2.24) is 19.8 Å². The normalized spacial score (nSPS) is 14.7. The van der Waals surface area contributed by atoms with Gasteiger partial charge in [0.2, 0.25) is 5.91 Å². The van der Waals surface area contributed by atoms with Gasteiger partial charge in [0.15, 0.2) is 0 Å². The van der Waals surface area contributed by atoms with Gasteiger partial charge in [-0.2, -0.15) is 0 Å². The third-order valence-electron chi connectivity index (χ3n) is 5.00. The van der Waals surface area contributed by atoms with Crippen molar-refractivity contribution in [2.75, 3.05) is 26.7 Å². The fourth-order valence-electron chi connectivity index (χ4n) is 3.40. The Bertz CT molecular complexity index is 802. The molecule has 150 valence electrons. The second kappa shape index (κ2) is 9.59. The number of aromatic nitrogens is 2. The molecule has 0 bridgehead atoms. The molecular formula is C20H25ClN4O3. The molecule has 1 aromatic carbocycles. The standard InChI is InChI=1S/C20H25ClN4O3/c1-28-18-4-3-16(21)13-17(18)20(27)25-10-5-15(6-11-25)19(26)23-7-2-9-24-12-8-22-14-24/h3-4,8,12-15H,2,5-7,9-11H2,1H3,(H,23,26). The summed E-state index contributed by atoms with van der Waals surface area (Å²) in [7, 11) is 1.53. The predicted octanol–water partition coefficient (Wildman–Crippen LogP) is 2.60. The number of ether oxygens (including phenoxy) is 1. The quantitative estimate of drug-likeness (QED) is 0.719. The van der Waals surface area contributed by atoms with Crippen molar-refractivity contribution in [3.8, 4) is 5.75 Å². The van der Waals surface area contributed by atoms with E-state index >= 15 is 0 Å². The Morgan fingerprint density at radius 2 is 2.11 bits per heavy atom. The number of methoxy groups -OCH3 is 1. The number of aryl methyl sites for hydroxylation is 1. The number of nitrogens with zero attached hydrogens (tertiary/aromatic N) is 3. The fourth-order valence-corrected chi connectivity index (χ4v) is 3.57. The van der Waals surface area contributed by atoms with E-state index in [9.17, 15) is 9.59 Å². The van der Waals surface area contributed by atoms with E-state index in [1.165, 1.54) is 7.11 Å². The van der Waals surface area contributed by atoms with E-state index in [0.717, 1.165) is 13.0 Å². The van der Waals surface area contributed by atoms with Crippen LogP contribution in [-0.4, -0.2) is 53.0 Å². The second-order valence-electron chi connectivity index (χ2n) is 6.86. The summed E-state index contributed by atoms with van der Waals surface area (Å²) in [4.78, 5) is 30.9. The van der Waals surface area contributed by atoms with Gasteiger partial charge in [0.1, 0.15) is 5.75 Å². The first-order valence-electron chi connectivity index (χ1n) is 9.44. The Hall–Kier alpha value is -2.54. The minimum atomic E-state index is -0.112. The largest absolute Gasteiger partial charge is 0.496 e. The molecule has 1 N–H and O–H groups in total. The molecule has 0 aliphatic carbocycles. The first-order chi connectivity index (χ1) is 13.6. The van der Waals surface area contributed by atoms with E-state index in [2.05, 4.69) is 10.3 Å². The molecule has 0 saturated carbocycles. The molecule has 2 heterocycles. The summed E-state index contributed by atoms with van der Waals surface area (Å²) in [5.41, 5.74) is 0.456. The van der Waals surface area contributed by atoms with Gasteiger partial charge in [-0.25, -0.2) is 4.98 Å². The third-order valence-corrected chi connectivity index (χ3v) is 5.23. The van der Waals surface area contributed by atoms with Crippen LogP contribution in [0.1, 0.15) is 29.6 Å². The SMILES string of the molecule is COc1ccc(Cl)cc1C(=O)N1CCC(C(=O)NCCCn2ccnc2)CC1. The van der Waals surface area contributed by atoms with Crippen LogP contribution in [0, 0.1) is 5.92 Å². The lowest BCUT2D eigenvalue weighted by Crippen LogP contribution is -2.43. The van der Waals surface area contributed by atoms with E-state index < -0.39 is 0 Å². The van der Waals surface area contributed by atoms with E-state index in [1.807, 2.05) is 10.8 Å². The minimum absolute atomic E-state index is 0.0569. The summed E-state index contributed by atoms with van der Waals surface area (Å²) in [6.07, 6.45) is 7.58. The summed E-state index contributed by atoms with van der Waals surface area (Å²) in [6.45, 7) is 2.55. The van der Waals surface area contributed by atoms with Crippen LogP contribution in [0.2, 0.25) is 5.02 Å². The molecule has 0 radical (unpaired) electrons. The van der Waals surface area contributed by atoms with Crippen LogP contribution in [-0.2, 0) is 11.3 Å². The van der Waals surface area contributed by atoms with Gasteiger partial charge in [-0.15, -0.1) is 0 Å². The van der Waals surface area contributed by atoms with Crippen LogP contribution < -0.4 is 10.1 Å². The average molecular weight is 405 g/mol. The van der Waals surface area contributed by atoms with Crippen molar-refractivity contribution >= 4 is 23.4 Å². The number of imidazole rings is 1.